The van der Waals surface area contributed by atoms with E-state index in [1.165, 1.54) is 4.31 Å². The minimum absolute atomic E-state index is 0.0397. The van der Waals surface area contributed by atoms with Gasteiger partial charge in [0, 0.05) is 26.2 Å². The lowest BCUT2D eigenvalue weighted by Crippen LogP contribution is -2.51. The summed E-state index contributed by atoms with van der Waals surface area (Å²) in [4.78, 5) is 14.3. The van der Waals surface area contributed by atoms with Crippen LogP contribution in [0.5, 0.6) is 5.75 Å². The molecule has 8 heteroatoms. The zero-order valence-electron chi connectivity index (χ0n) is 17.4. The molecule has 0 spiro atoms. The van der Waals surface area contributed by atoms with Gasteiger partial charge in [0.05, 0.1) is 11.5 Å². The van der Waals surface area contributed by atoms with E-state index in [0.717, 1.165) is 16.9 Å². The van der Waals surface area contributed by atoms with Crippen molar-refractivity contribution in [2.24, 2.45) is 0 Å². The van der Waals surface area contributed by atoms with Gasteiger partial charge < -0.3 is 14.4 Å². The molecule has 1 amide bonds. The fourth-order valence-electron chi connectivity index (χ4n) is 3.39. The number of rotatable bonds is 8. The van der Waals surface area contributed by atoms with Gasteiger partial charge in [-0.15, -0.1) is 0 Å². The van der Waals surface area contributed by atoms with Gasteiger partial charge in [-0.25, -0.2) is 8.42 Å². The Morgan fingerprint density at radius 3 is 2.33 bits per heavy atom. The molecule has 0 aliphatic carbocycles. The van der Waals surface area contributed by atoms with Crippen LogP contribution in [0.15, 0.2) is 53.4 Å². The van der Waals surface area contributed by atoms with Gasteiger partial charge in [-0.05, 0) is 37.6 Å². The molecule has 0 N–H and O–H groups in total. The van der Waals surface area contributed by atoms with E-state index in [0.29, 0.717) is 31.2 Å². The van der Waals surface area contributed by atoms with E-state index in [-0.39, 0.29) is 25.6 Å². The van der Waals surface area contributed by atoms with Gasteiger partial charge in [0.1, 0.15) is 19.0 Å². The number of amides is 1. The molecule has 0 radical (unpaired) electrons. The minimum atomic E-state index is -3.56. The number of carbonyl (C=O) groups is 1. The maximum atomic E-state index is 12.9. The van der Waals surface area contributed by atoms with Crippen molar-refractivity contribution in [2.75, 3.05) is 46.0 Å². The van der Waals surface area contributed by atoms with Crippen LogP contribution in [0, 0.1) is 13.8 Å². The zero-order valence-corrected chi connectivity index (χ0v) is 18.2. The quantitative estimate of drug-likeness (QED) is 0.598. The first kappa shape index (κ1) is 22.3. The second kappa shape index (κ2) is 10.1. The van der Waals surface area contributed by atoms with E-state index in [9.17, 15) is 13.2 Å². The van der Waals surface area contributed by atoms with E-state index in [1.807, 2.05) is 43.3 Å². The summed E-state index contributed by atoms with van der Waals surface area (Å²) in [7, 11) is -3.56. The summed E-state index contributed by atoms with van der Waals surface area (Å²) in [6, 6.07) is 14.7. The van der Waals surface area contributed by atoms with Crippen molar-refractivity contribution in [2.45, 2.75) is 18.7 Å². The van der Waals surface area contributed by atoms with Gasteiger partial charge in [0.25, 0.3) is 0 Å². The van der Waals surface area contributed by atoms with Crippen LogP contribution in [-0.2, 0) is 19.6 Å². The maximum Gasteiger partial charge on any atom is 0.248 e. The molecule has 0 atom stereocenters. The Balaban J connectivity index is 1.42. The predicted octanol–water partition coefficient (Wildman–Crippen LogP) is 2.23. The Bertz CT molecular complexity index is 955. The third-order valence-electron chi connectivity index (χ3n) is 5.00. The number of piperazine rings is 1. The Morgan fingerprint density at radius 2 is 1.67 bits per heavy atom. The normalized spacial score (nSPS) is 15.2. The smallest absolute Gasteiger partial charge is 0.248 e. The number of carbonyl (C=O) groups excluding carboxylic acids is 1. The third kappa shape index (κ3) is 5.59. The van der Waals surface area contributed by atoms with Crippen molar-refractivity contribution in [3.8, 4) is 5.75 Å². The van der Waals surface area contributed by atoms with Crippen molar-refractivity contribution < 1.29 is 22.7 Å². The molecule has 1 aliphatic heterocycles. The van der Waals surface area contributed by atoms with E-state index in [2.05, 4.69) is 0 Å². The van der Waals surface area contributed by atoms with Crippen LogP contribution in [-0.4, -0.2) is 69.5 Å². The standard InChI is InChI=1S/C22H28N2O5S/c1-18-8-9-21(19(2)16-18)30(26,27)24-12-10-23(11-13-24)22(25)17-28-14-15-29-20-6-4-3-5-7-20/h3-9,16H,10-15,17H2,1-2H3. The summed E-state index contributed by atoms with van der Waals surface area (Å²) in [5.41, 5.74) is 1.76. The zero-order chi connectivity index (χ0) is 21.6. The Hall–Kier alpha value is -2.42. The molecule has 1 saturated heterocycles. The van der Waals surface area contributed by atoms with Crippen LogP contribution in [0.2, 0.25) is 0 Å². The molecule has 1 heterocycles. The number of hydrogen-bond acceptors (Lipinski definition) is 5. The summed E-state index contributed by atoms with van der Waals surface area (Å²) in [5.74, 6) is 0.617. The number of aryl methyl sites for hydroxylation is 2. The average molecular weight is 433 g/mol. The Labute approximate surface area is 178 Å². The van der Waals surface area contributed by atoms with Gasteiger partial charge in [-0.3, -0.25) is 4.79 Å². The summed E-state index contributed by atoms with van der Waals surface area (Å²) in [6.45, 7) is 5.63. The number of sulfonamides is 1. The third-order valence-corrected chi connectivity index (χ3v) is 7.06. The average Bonchev–Trinajstić information content (AvgIpc) is 2.74. The lowest BCUT2D eigenvalue weighted by atomic mass is 10.2. The van der Waals surface area contributed by atoms with E-state index >= 15 is 0 Å². The summed E-state index contributed by atoms with van der Waals surface area (Å²) in [6.07, 6.45) is 0. The lowest BCUT2D eigenvalue weighted by molar-refractivity contribution is -0.137. The van der Waals surface area contributed by atoms with Crippen molar-refractivity contribution in [1.82, 2.24) is 9.21 Å². The molecule has 0 aromatic heterocycles. The second-order valence-electron chi connectivity index (χ2n) is 7.27. The molecule has 2 aromatic rings. The minimum Gasteiger partial charge on any atom is -0.491 e. The molecule has 1 aliphatic rings. The molecule has 3 rings (SSSR count). The first-order chi connectivity index (χ1) is 14.4. The molecule has 2 aromatic carbocycles. The second-order valence-corrected chi connectivity index (χ2v) is 9.17. The molecule has 162 valence electrons. The molecular formula is C22H28N2O5S. The van der Waals surface area contributed by atoms with Crippen LogP contribution in [0.3, 0.4) is 0 Å². The lowest BCUT2D eigenvalue weighted by Gasteiger charge is -2.34. The topological polar surface area (TPSA) is 76.2 Å². The Morgan fingerprint density at radius 1 is 0.967 bits per heavy atom. The van der Waals surface area contributed by atoms with Crippen LogP contribution in [0.4, 0.5) is 0 Å². The van der Waals surface area contributed by atoms with Crippen molar-refractivity contribution >= 4 is 15.9 Å². The van der Waals surface area contributed by atoms with E-state index < -0.39 is 10.0 Å². The molecular weight excluding hydrogens is 404 g/mol. The van der Waals surface area contributed by atoms with Gasteiger partial charge in [-0.1, -0.05) is 35.9 Å². The van der Waals surface area contributed by atoms with Gasteiger partial charge in [0.2, 0.25) is 15.9 Å². The summed E-state index contributed by atoms with van der Waals surface area (Å²) in [5, 5.41) is 0. The van der Waals surface area contributed by atoms with Crippen LogP contribution in [0.25, 0.3) is 0 Å². The van der Waals surface area contributed by atoms with Crippen molar-refractivity contribution in [3.63, 3.8) is 0 Å². The summed E-state index contributed by atoms with van der Waals surface area (Å²) < 4.78 is 38.3. The highest BCUT2D eigenvalue weighted by atomic mass is 32.2. The van der Waals surface area contributed by atoms with Crippen LogP contribution in [0.1, 0.15) is 11.1 Å². The molecule has 0 saturated carbocycles. The van der Waals surface area contributed by atoms with Crippen molar-refractivity contribution in [3.05, 3.63) is 59.7 Å². The highest BCUT2D eigenvalue weighted by Gasteiger charge is 2.30. The number of nitrogens with zero attached hydrogens (tertiary/aromatic N) is 2. The monoisotopic (exact) mass is 432 g/mol. The molecule has 0 bridgehead atoms. The molecule has 1 fully saturated rings. The van der Waals surface area contributed by atoms with Crippen LogP contribution < -0.4 is 4.74 Å². The maximum absolute atomic E-state index is 12.9. The van der Waals surface area contributed by atoms with Gasteiger partial charge in [0.15, 0.2) is 0 Å². The largest absolute Gasteiger partial charge is 0.491 e. The summed E-state index contributed by atoms with van der Waals surface area (Å²) >= 11 is 0. The number of ether oxygens (including phenoxy) is 2. The number of para-hydroxylation sites is 1. The van der Waals surface area contributed by atoms with Crippen LogP contribution >= 0.6 is 0 Å². The Kier molecular flexibility index (Phi) is 7.47. The highest BCUT2D eigenvalue weighted by Crippen LogP contribution is 2.22. The fourth-order valence-corrected chi connectivity index (χ4v) is 5.02. The first-order valence-corrected chi connectivity index (χ1v) is 11.4. The number of benzene rings is 2. The number of hydrogen-bond donors (Lipinski definition) is 0. The van der Waals surface area contributed by atoms with Crippen molar-refractivity contribution in [1.29, 1.82) is 0 Å². The fraction of sp³-hybridized carbons (Fsp3) is 0.409. The SMILES string of the molecule is Cc1ccc(S(=O)(=O)N2CCN(C(=O)COCCOc3ccccc3)CC2)c(C)c1. The van der Waals surface area contributed by atoms with E-state index in [1.54, 1.807) is 24.0 Å². The highest BCUT2D eigenvalue weighted by molar-refractivity contribution is 7.89. The first-order valence-electron chi connectivity index (χ1n) is 9.99. The van der Waals surface area contributed by atoms with Gasteiger partial charge in [-0.2, -0.15) is 4.31 Å². The molecule has 7 nitrogen and oxygen atoms in total. The van der Waals surface area contributed by atoms with E-state index in [4.69, 9.17) is 9.47 Å². The van der Waals surface area contributed by atoms with Gasteiger partial charge >= 0.3 is 0 Å². The predicted molar refractivity (Wildman–Crippen MR) is 114 cm³/mol. The molecule has 30 heavy (non-hydrogen) atoms. The molecule has 0 unspecified atom stereocenters.